The first kappa shape index (κ1) is 21.9. The lowest BCUT2D eigenvalue weighted by molar-refractivity contribution is -0.117. The van der Waals surface area contributed by atoms with E-state index in [2.05, 4.69) is 25.0 Å². The van der Waals surface area contributed by atoms with E-state index < -0.39 is 15.9 Å². The van der Waals surface area contributed by atoms with Crippen LogP contribution in [0.3, 0.4) is 0 Å². The topological polar surface area (TPSA) is 72.5 Å². The van der Waals surface area contributed by atoms with Gasteiger partial charge in [0.15, 0.2) is 0 Å². The third-order valence-corrected chi connectivity index (χ3v) is 7.21. The number of terminal acetylenes is 1. The molecule has 0 spiro atoms. The normalized spacial score (nSPS) is 20.3. The second-order valence-corrected chi connectivity index (χ2v) is 9.58. The minimum absolute atomic E-state index is 0.00996. The Morgan fingerprint density at radius 1 is 1.27 bits per heavy atom. The van der Waals surface area contributed by atoms with Gasteiger partial charge in [-0.15, -0.1) is 12.3 Å². The average Bonchev–Trinajstić information content (AvgIpc) is 3.40. The van der Waals surface area contributed by atoms with Crippen molar-refractivity contribution in [1.82, 2.24) is 4.72 Å². The lowest BCUT2D eigenvalue weighted by Crippen LogP contribution is -2.28. The SMILES string of the molecule is C#CCC1(CCC)C[C@@H]1c1ccc(-c2cc(S(=O)(=O)NC(C)=O)ccc2OC)cc1. The van der Waals surface area contributed by atoms with Crippen LogP contribution in [0.15, 0.2) is 47.4 Å². The summed E-state index contributed by atoms with van der Waals surface area (Å²) in [4.78, 5) is 11.2. The molecule has 1 amide bonds. The van der Waals surface area contributed by atoms with Gasteiger partial charge in [-0.2, -0.15) is 0 Å². The number of nitrogens with one attached hydrogen (secondary N) is 1. The standard InChI is InChI=1S/C24H27NO4S/c1-5-13-24(14-6-2)16-22(24)19-9-7-18(8-10-19)21-15-20(11-12-23(21)29-4)30(27,28)25-17(3)26/h1,7-12,15,22H,6,13-14,16H2,2-4H3,(H,25,26)/t22-,24?/m1/s1. The van der Waals surface area contributed by atoms with Gasteiger partial charge < -0.3 is 4.74 Å². The third kappa shape index (κ3) is 4.36. The Hall–Kier alpha value is -2.78. The van der Waals surface area contributed by atoms with Gasteiger partial charge in [0, 0.05) is 18.9 Å². The average molecular weight is 426 g/mol. The Morgan fingerprint density at radius 2 is 1.97 bits per heavy atom. The zero-order valence-electron chi connectivity index (χ0n) is 17.6. The third-order valence-electron chi connectivity index (χ3n) is 5.78. The molecule has 3 rings (SSSR count). The molecule has 0 heterocycles. The van der Waals surface area contributed by atoms with Gasteiger partial charge in [0.05, 0.1) is 12.0 Å². The Bertz CT molecular complexity index is 1080. The summed E-state index contributed by atoms with van der Waals surface area (Å²) >= 11 is 0. The van der Waals surface area contributed by atoms with Gasteiger partial charge in [0.25, 0.3) is 10.0 Å². The first-order valence-corrected chi connectivity index (χ1v) is 11.5. The molecule has 1 N–H and O–H groups in total. The van der Waals surface area contributed by atoms with E-state index in [1.54, 1.807) is 6.07 Å². The Morgan fingerprint density at radius 3 is 2.53 bits per heavy atom. The number of sulfonamides is 1. The first-order valence-electron chi connectivity index (χ1n) is 10.0. The van der Waals surface area contributed by atoms with Crippen molar-refractivity contribution in [2.24, 2.45) is 5.41 Å². The van der Waals surface area contributed by atoms with Crippen LogP contribution in [0.4, 0.5) is 0 Å². The van der Waals surface area contributed by atoms with E-state index in [0.29, 0.717) is 17.2 Å². The molecule has 1 saturated carbocycles. The molecule has 1 unspecified atom stereocenters. The Balaban J connectivity index is 1.92. The van der Waals surface area contributed by atoms with E-state index in [9.17, 15) is 13.2 Å². The summed E-state index contributed by atoms with van der Waals surface area (Å²) in [6, 6.07) is 12.7. The highest BCUT2D eigenvalue weighted by Crippen LogP contribution is 2.64. The lowest BCUT2D eigenvalue weighted by atomic mass is 9.90. The quantitative estimate of drug-likeness (QED) is 0.633. The van der Waals surface area contributed by atoms with Crippen LogP contribution in [0.2, 0.25) is 0 Å². The molecule has 0 aromatic heterocycles. The van der Waals surface area contributed by atoms with Crippen LogP contribution in [0.1, 0.15) is 51.0 Å². The van der Waals surface area contributed by atoms with Gasteiger partial charge in [0.2, 0.25) is 5.91 Å². The first-order chi connectivity index (χ1) is 14.3. The van der Waals surface area contributed by atoms with Crippen molar-refractivity contribution in [2.45, 2.75) is 50.3 Å². The van der Waals surface area contributed by atoms with E-state index in [1.807, 2.05) is 16.9 Å². The fourth-order valence-electron chi connectivity index (χ4n) is 4.30. The summed E-state index contributed by atoms with van der Waals surface area (Å²) in [5, 5.41) is 0. The molecular weight excluding hydrogens is 398 g/mol. The van der Waals surface area contributed by atoms with Crippen LogP contribution in [0, 0.1) is 17.8 Å². The van der Waals surface area contributed by atoms with Crippen LogP contribution in [0.25, 0.3) is 11.1 Å². The molecular formula is C24H27NO4S. The second-order valence-electron chi connectivity index (χ2n) is 7.90. The molecule has 2 aromatic carbocycles. The van der Waals surface area contributed by atoms with Crippen molar-refractivity contribution >= 4 is 15.9 Å². The van der Waals surface area contributed by atoms with Crippen LogP contribution < -0.4 is 9.46 Å². The molecule has 0 aliphatic heterocycles. The van der Waals surface area contributed by atoms with E-state index in [-0.39, 0.29) is 10.3 Å². The van der Waals surface area contributed by atoms with E-state index >= 15 is 0 Å². The van der Waals surface area contributed by atoms with Crippen molar-refractivity contribution in [3.05, 3.63) is 48.0 Å². The van der Waals surface area contributed by atoms with Crippen LogP contribution in [0.5, 0.6) is 5.75 Å². The monoisotopic (exact) mass is 425 g/mol. The predicted octanol–water partition coefficient (Wildman–Crippen LogP) is 4.48. The maximum atomic E-state index is 12.4. The molecule has 0 radical (unpaired) electrons. The van der Waals surface area contributed by atoms with Gasteiger partial charge in [0.1, 0.15) is 5.75 Å². The highest BCUT2D eigenvalue weighted by molar-refractivity contribution is 7.90. The zero-order chi connectivity index (χ0) is 21.9. The summed E-state index contributed by atoms with van der Waals surface area (Å²) in [7, 11) is -2.39. The fourth-order valence-corrected chi connectivity index (χ4v) is 5.32. The van der Waals surface area contributed by atoms with Crippen LogP contribution >= 0.6 is 0 Å². The van der Waals surface area contributed by atoms with Gasteiger partial charge in [-0.3, -0.25) is 4.79 Å². The molecule has 158 valence electrons. The van der Waals surface area contributed by atoms with Crippen molar-refractivity contribution in [3.8, 4) is 29.2 Å². The van der Waals surface area contributed by atoms with Crippen molar-refractivity contribution < 1.29 is 17.9 Å². The molecule has 2 aromatic rings. The second kappa shape index (κ2) is 8.53. The fraction of sp³-hybridized carbons (Fsp3) is 0.375. The summed E-state index contributed by atoms with van der Waals surface area (Å²) < 4.78 is 32.2. The smallest absolute Gasteiger partial charge is 0.264 e. The summed E-state index contributed by atoms with van der Waals surface area (Å²) in [5.74, 6) is 3.23. The Labute approximate surface area is 178 Å². The maximum Gasteiger partial charge on any atom is 0.264 e. The van der Waals surface area contributed by atoms with Gasteiger partial charge >= 0.3 is 0 Å². The van der Waals surface area contributed by atoms with Crippen molar-refractivity contribution in [2.75, 3.05) is 7.11 Å². The lowest BCUT2D eigenvalue weighted by Gasteiger charge is -2.15. The minimum atomic E-state index is -3.93. The predicted molar refractivity (Wildman–Crippen MR) is 118 cm³/mol. The van der Waals surface area contributed by atoms with Crippen LogP contribution in [-0.4, -0.2) is 21.4 Å². The number of benzene rings is 2. The molecule has 30 heavy (non-hydrogen) atoms. The number of carbonyl (C=O) groups is 1. The number of ether oxygens (including phenoxy) is 1. The number of methoxy groups -OCH3 is 1. The molecule has 6 heteroatoms. The van der Waals surface area contributed by atoms with Crippen LogP contribution in [-0.2, 0) is 14.8 Å². The number of hydrogen-bond acceptors (Lipinski definition) is 4. The molecule has 0 bridgehead atoms. The number of amides is 1. The maximum absolute atomic E-state index is 12.4. The number of rotatable bonds is 8. The molecule has 1 aliphatic carbocycles. The highest BCUT2D eigenvalue weighted by Gasteiger charge is 2.52. The van der Waals surface area contributed by atoms with Crippen molar-refractivity contribution in [3.63, 3.8) is 0 Å². The Kier molecular flexibility index (Phi) is 6.23. The highest BCUT2D eigenvalue weighted by atomic mass is 32.2. The van der Waals surface area contributed by atoms with Gasteiger partial charge in [-0.1, -0.05) is 37.6 Å². The number of carbonyl (C=O) groups excluding carboxylic acids is 1. The summed E-state index contributed by atoms with van der Waals surface area (Å²) in [5.41, 5.74) is 2.96. The summed E-state index contributed by atoms with van der Waals surface area (Å²) in [6.07, 6.45) is 9.74. The largest absolute Gasteiger partial charge is 0.496 e. The molecule has 1 fully saturated rings. The van der Waals surface area contributed by atoms with Crippen molar-refractivity contribution in [1.29, 1.82) is 0 Å². The zero-order valence-corrected chi connectivity index (χ0v) is 18.4. The van der Waals surface area contributed by atoms with Gasteiger partial charge in [-0.25, -0.2) is 13.1 Å². The van der Waals surface area contributed by atoms with E-state index in [1.165, 1.54) is 24.8 Å². The summed E-state index contributed by atoms with van der Waals surface area (Å²) in [6.45, 7) is 3.35. The molecule has 0 saturated heterocycles. The van der Waals surface area contributed by atoms with E-state index in [0.717, 1.165) is 38.2 Å². The van der Waals surface area contributed by atoms with E-state index in [4.69, 9.17) is 11.2 Å². The number of hydrogen-bond donors (Lipinski definition) is 1. The molecule has 2 atom stereocenters. The molecule has 1 aliphatic rings. The van der Waals surface area contributed by atoms with Gasteiger partial charge in [-0.05, 0) is 53.5 Å². The molecule has 5 nitrogen and oxygen atoms in total. The minimum Gasteiger partial charge on any atom is -0.496 e.